The summed E-state index contributed by atoms with van der Waals surface area (Å²) < 4.78 is 0. The van der Waals surface area contributed by atoms with Gasteiger partial charge in [-0.1, -0.05) is 12.1 Å². The van der Waals surface area contributed by atoms with Gasteiger partial charge in [0.1, 0.15) is 5.82 Å². The Morgan fingerprint density at radius 3 is 2.75 bits per heavy atom. The van der Waals surface area contributed by atoms with E-state index in [9.17, 15) is 0 Å². The van der Waals surface area contributed by atoms with Crippen molar-refractivity contribution >= 4 is 5.84 Å². The third kappa shape index (κ3) is 4.22. The molecule has 0 spiro atoms. The molecule has 0 saturated heterocycles. The number of nitrogens with two attached hydrogens (primary N) is 1. The molecule has 6 nitrogen and oxygen atoms in total. The molecule has 88 valence electrons. The molecule has 6 heteroatoms. The van der Waals surface area contributed by atoms with Gasteiger partial charge >= 0.3 is 0 Å². The maximum atomic E-state index is 8.52. The number of rotatable bonds is 6. The van der Waals surface area contributed by atoms with Crippen LogP contribution in [0.4, 0.5) is 0 Å². The largest absolute Gasteiger partial charge is 0.409 e. The highest BCUT2D eigenvalue weighted by Gasteiger charge is 2.08. The average molecular weight is 223 g/mol. The molecule has 0 aromatic carbocycles. The minimum Gasteiger partial charge on any atom is -0.409 e. The number of nitrogens with zero attached hydrogens (tertiary/aromatic N) is 4. The molecule has 1 rings (SSSR count). The Morgan fingerprint density at radius 2 is 2.19 bits per heavy atom. The molecular weight excluding hydrogens is 206 g/mol. The summed E-state index contributed by atoms with van der Waals surface area (Å²) in [4.78, 5) is 10.3. The van der Waals surface area contributed by atoms with Gasteiger partial charge in [-0.25, -0.2) is 9.97 Å². The van der Waals surface area contributed by atoms with E-state index in [2.05, 4.69) is 22.0 Å². The number of hydrogen-bond acceptors (Lipinski definition) is 5. The van der Waals surface area contributed by atoms with Gasteiger partial charge in [0.15, 0.2) is 5.84 Å². The summed E-state index contributed by atoms with van der Waals surface area (Å²) in [6.07, 6.45) is 4.40. The third-order valence-corrected chi connectivity index (χ3v) is 2.04. The zero-order valence-corrected chi connectivity index (χ0v) is 9.37. The lowest BCUT2D eigenvalue weighted by Crippen LogP contribution is -2.34. The van der Waals surface area contributed by atoms with E-state index in [1.165, 1.54) is 0 Å². The molecule has 1 aromatic rings. The number of aromatic nitrogens is 2. The molecule has 0 saturated carbocycles. The Bertz CT molecular complexity index is 327. The van der Waals surface area contributed by atoms with Gasteiger partial charge in [0.05, 0.1) is 13.1 Å². The number of oxime groups is 1. The molecule has 0 fully saturated rings. The van der Waals surface area contributed by atoms with Crippen LogP contribution in [0.5, 0.6) is 0 Å². The van der Waals surface area contributed by atoms with E-state index in [4.69, 9.17) is 10.9 Å². The van der Waals surface area contributed by atoms with Gasteiger partial charge in [-0.2, -0.15) is 0 Å². The number of amidine groups is 1. The van der Waals surface area contributed by atoms with Crippen LogP contribution in [-0.2, 0) is 6.54 Å². The van der Waals surface area contributed by atoms with Crippen molar-refractivity contribution in [2.45, 2.75) is 19.9 Å². The van der Waals surface area contributed by atoms with Crippen molar-refractivity contribution in [2.75, 3.05) is 13.1 Å². The molecule has 0 bridgehead atoms. The van der Waals surface area contributed by atoms with Crippen LogP contribution in [0.3, 0.4) is 0 Å². The van der Waals surface area contributed by atoms with E-state index in [1.54, 1.807) is 18.5 Å². The van der Waals surface area contributed by atoms with Crippen molar-refractivity contribution in [3.8, 4) is 0 Å². The van der Waals surface area contributed by atoms with Gasteiger partial charge in [0.25, 0.3) is 0 Å². The van der Waals surface area contributed by atoms with Crippen LogP contribution in [-0.4, -0.2) is 39.0 Å². The zero-order valence-electron chi connectivity index (χ0n) is 9.37. The quantitative estimate of drug-likeness (QED) is 0.316. The van der Waals surface area contributed by atoms with Crippen LogP contribution >= 0.6 is 0 Å². The highest BCUT2D eigenvalue weighted by Crippen LogP contribution is 1.99. The van der Waals surface area contributed by atoms with Crippen LogP contribution < -0.4 is 5.73 Å². The predicted octanol–water partition coefficient (Wildman–Crippen LogP) is 0.435. The van der Waals surface area contributed by atoms with E-state index in [0.29, 0.717) is 13.1 Å². The smallest absolute Gasteiger partial charge is 0.153 e. The first-order valence-electron chi connectivity index (χ1n) is 5.21. The Morgan fingerprint density at radius 1 is 1.50 bits per heavy atom. The molecule has 0 unspecified atom stereocenters. The second-order valence-electron chi connectivity index (χ2n) is 3.47. The second-order valence-corrected chi connectivity index (χ2v) is 3.47. The van der Waals surface area contributed by atoms with Gasteiger partial charge in [-0.3, -0.25) is 4.90 Å². The SMILES string of the molecule is CCCN(CC(N)=NO)Cc1ncccn1. The molecule has 0 atom stereocenters. The molecule has 1 heterocycles. The Labute approximate surface area is 94.8 Å². The second kappa shape index (κ2) is 6.73. The maximum Gasteiger partial charge on any atom is 0.153 e. The highest BCUT2D eigenvalue weighted by molar-refractivity contribution is 5.81. The Hall–Kier alpha value is -1.69. The first kappa shape index (κ1) is 12.4. The summed E-state index contributed by atoms with van der Waals surface area (Å²) in [6, 6.07) is 1.78. The molecule has 1 aromatic heterocycles. The summed E-state index contributed by atoms with van der Waals surface area (Å²) >= 11 is 0. The van der Waals surface area contributed by atoms with Crippen molar-refractivity contribution in [3.05, 3.63) is 24.3 Å². The van der Waals surface area contributed by atoms with E-state index < -0.39 is 0 Å². The minimum absolute atomic E-state index is 0.199. The minimum atomic E-state index is 0.199. The molecule has 0 amide bonds. The fraction of sp³-hybridized carbons (Fsp3) is 0.500. The molecule has 0 aliphatic heterocycles. The van der Waals surface area contributed by atoms with Crippen LogP contribution in [0.15, 0.2) is 23.6 Å². The van der Waals surface area contributed by atoms with Crippen LogP contribution in [0.25, 0.3) is 0 Å². The van der Waals surface area contributed by atoms with Gasteiger partial charge < -0.3 is 10.9 Å². The topological polar surface area (TPSA) is 87.6 Å². The molecule has 3 N–H and O–H groups in total. The standard InChI is InChI=1S/C10H17N5O/c1-2-6-15(7-9(11)14-16)8-10-12-4-3-5-13-10/h3-5,16H,2,6-8H2,1H3,(H2,11,14). The Balaban J connectivity index is 2.57. The lowest BCUT2D eigenvalue weighted by molar-refractivity contribution is 0.281. The molecule has 0 aliphatic carbocycles. The summed E-state index contributed by atoms with van der Waals surface area (Å²) in [5.74, 6) is 0.936. The van der Waals surface area contributed by atoms with Crippen molar-refractivity contribution in [1.82, 2.24) is 14.9 Å². The first-order valence-corrected chi connectivity index (χ1v) is 5.21. The van der Waals surface area contributed by atoms with Gasteiger partial charge in [-0.15, -0.1) is 0 Å². The van der Waals surface area contributed by atoms with Gasteiger partial charge in [0.2, 0.25) is 0 Å². The molecule has 0 aliphatic rings. The zero-order chi connectivity index (χ0) is 11.8. The van der Waals surface area contributed by atoms with Crippen molar-refractivity contribution in [1.29, 1.82) is 0 Å². The van der Waals surface area contributed by atoms with Crippen molar-refractivity contribution in [3.63, 3.8) is 0 Å². The van der Waals surface area contributed by atoms with E-state index in [1.807, 2.05) is 4.90 Å². The van der Waals surface area contributed by atoms with E-state index in [-0.39, 0.29) is 5.84 Å². The molecule has 16 heavy (non-hydrogen) atoms. The van der Waals surface area contributed by atoms with Crippen LogP contribution in [0, 0.1) is 0 Å². The third-order valence-electron chi connectivity index (χ3n) is 2.04. The monoisotopic (exact) mass is 223 g/mol. The van der Waals surface area contributed by atoms with Gasteiger partial charge in [0, 0.05) is 12.4 Å². The fourth-order valence-corrected chi connectivity index (χ4v) is 1.40. The maximum absolute atomic E-state index is 8.52. The van der Waals surface area contributed by atoms with Gasteiger partial charge in [-0.05, 0) is 19.0 Å². The summed E-state index contributed by atoms with van der Waals surface area (Å²) in [5, 5.41) is 11.5. The molecule has 0 radical (unpaired) electrons. The fourth-order valence-electron chi connectivity index (χ4n) is 1.40. The first-order chi connectivity index (χ1) is 7.76. The normalized spacial score (nSPS) is 12.0. The van der Waals surface area contributed by atoms with E-state index in [0.717, 1.165) is 18.8 Å². The van der Waals surface area contributed by atoms with Crippen LogP contribution in [0.2, 0.25) is 0 Å². The predicted molar refractivity (Wildman–Crippen MR) is 61.0 cm³/mol. The van der Waals surface area contributed by atoms with E-state index >= 15 is 0 Å². The Kier molecular flexibility index (Phi) is 5.21. The van der Waals surface area contributed by atoms with Crippen molar-refractivity contribution < 1.29 is 5.21 Å². The van der Waals surface area contributed by atoms with Crippen molar-refractivity contribution in [2.24, 2.45) is 10.9 Å². The summed E-state index contributed by atoms with van der Waals surface area (Å²) in [7, 11) is 0. The summed E-state index contributed by atoms with van der Waals surface area (Å²) in [6.45, 7) is 3.95. The highest BCUT2D eigenvalue weighted by atomic mass is 16.4. The lowest BCUT2D eigenvalue weighted by Gasteiger charge is -2.19. The average Bonchev–Trinajstić information content (AvgIpc) is 2.30. The van der Waals surface area contributed by atoms with Crippen LogP contribution in [0.1, 0.15) is 19.2 Å². The molecular formula is C10H17N5O. The summed E-state index contributed by atoms with van der Waals surface area (Å²) in [5.41, 5.74) is 5.48. The number of hydrogen-bond donors (Lipinski definition) is 2. The lowest BCUT2D eigenvalue weighted by atomic mass is 10.3.